The maximum atomic E-state index is 11.6. The third-order valence-corrected chi connectivity index (χ3v) is 4.73. The summed E-state index contributed by atoms with van der Waals surface area (Å²) in [5, 5.41) is 9.20. The molecule has 84 valence electrons. The molecule has 1 saturated heterocycles. The number of hydrogen-bond donors (Lipinski definition) is 1. The van der Waals surface area contributed by atoms with E-state index >= 15 is 0 Å². The van der Waals surface area contributed by atoms with E-state index in [1.54, 1.807) is 6.92 Å². The second-order valence-corrected chi connectivity index (χ2v) is 6.35. The smallest absolute Gasteiger partial charge is 0.214 e. The van der Waals surface area contributed by atoms with Gasteiger partial charge in [-0.15, -0.1) is 0 Å². The van der Waals surface area contributed by atoms with Crippen LogP contribution < -0.4 is 0 Å². The third-order valence-electron chi connectivity index (χ3n) is 2.52. The lowest BCUT2D eigenvalue weighted by molar-refractivity contribution is 0.153. The largest absolute Gasteiger partial charge is 0.393 e. The molecule has 0 saturated carbocycles. The van der Waals surface area contributed by atoms with Gasteiger partial charge in [-0.3, -0.25) is 0 Å². The molecule has 0 bridgehead atoms. The van der Waals surface area contributed by atoms with Crippen molar-refractivity contribution < 1.29 is 13.5 Å². The van der Waals surface area contributed by atoms with Gasteiger partial charge in [0.25, 0.3) is 0 Å². The van der Waals surface area contributed by atoms with Gasteiger partial charge >= 0.3 is 0 Å². The van der Waals surface area contributed by atoms with Gasteiger partial charge in [0, 0.05) is 12.6 Å². The van der Waals surface area contributed by atoms with Crippen LogP contribution in [0, 0.1) is 5.92 Å². The zero-order valence-electron chi connectivity index (χ0n) is 8.97. The summed E-state index contributed by atoms with van der Waals surface area (Å²) in [5.74, 6) is 0.452. The molecule has 0 aliphatic carbocycles. The molecule has 0 radical (unpaired) electrons. The highest BCUT2D eigenvalue weighted by atomic mass is 32.2. The average molecular weight is 221 g/mol. The van der Waals surface area contributed by atoms with Crippen molar-refractivity contribution in [1.29, 1.82) is 0 Å². The summed E-state index contributed by atoms with van der Waals surface area (Å²) in [6.45, 7) is 6.06. The number of hydrogen-bond acceptors (Lipinski definition) is 3. The molecular formula is C9H19NO3S. The number of rotatable bonds is 3. The van der Waals surface area contributed by atoms with Crippen LogP contribution in [0.4, 0.5) is 0 Å². The maximum absolute atomic E-state index is 11.6. The van der Waals surface area contributed by atoms with Crippen LogP contribution in [0.3, 0.4) is 0 Å². The van der Waals surface area contributed by atoms with Crippen LogP contribution in [0.1, 0.15) is 27.2 Å². The van der Waals surface area contributed by atoms with Crippen LogP contribution in [-0.4, -0.2) is 42.3 Å². The lowest BCUT2D eigenvalue weighted by Crippen LogP contribution is -2.36. The van der Waals surface area contributed by atoms with Crippen LogP contribution >= 0.6 is 0 Å². The molecule has 0 aromatic heterocycles. The van der Waals surface area contributed by atoms with Crippen molar-refractivity contribution >= 4 is 10.0 Å². The lowest BCUT2D eigenvalue weighted by atomic mass is 10.1. The minimum Gasteiger partial charge on any atom is -0.393 e. The highest BCUT2D eigenvalue weighted by molar-refractivity contribution is 7.89. The molecule has 0 aromatic rings. The Morgan fingerprint density at radius 2 is 2.07 bits per heavy atom. The molecule has 0 spiro atoms. The van der Waals surface area contributed by atoms with E-state index < -0.39 is 16.1 Å². The van der Waals surface area contributed by atoms with Crippen LogP contribution in [0.2, 0.25) is 0 Å². The van der Waals surface area contributed by atoms with Crippen molar-refractivity contribution in [1.82, 2.24) is 4.31 Å². The van der Waals surface area contributed by atoms with Crippen molar-refractivity contribution in [3.8, 4) is 0 Å². The van der Waals surface area contributed by atoms with Gasteiger partial charge in [-0.25, -0.2) is 8.42 Å². The minimum absolute atomic E-state index is 0.0926. The summed E-state index contributed by atoms with van der Waals surface area (Å²) in [5.41, 5.74) is 0. The molecule has 14 heavy (non-hydrogen) atoms. The summed E-state index contributed by atoms with van der Waals surface area (Å²) >= 11 is 0. The van der Waals surface area contributed by atoms with E-state index in [1.807, 2.05) is 13.8 Å². The second kappa shape index (κ2) is 4.16. The van der Waals surface area contributed by atoms with Gasteiger partial charge in [0.05, 0.1) is 11.9 Å². The first-order chi connectivity index (χ1) is 6.33. The SMILES string of the molecule is CC(O)CC(C)N1CC(C)CS1(=O)=O. The van der Waals surface area contributed by atoms with E-state index in [1.165, 1.54) is 4.31 Å². The summed E-state index contributed by atoms with van der Waals surface area (Å²) in [6.07, 6.45) is 0.0579. The standard InChI is InChI=1S/C9H19NO3S/c1-7-5-10(14(12,13)6-7)8(2)4-9(3)11/h7-9,11H,4-6H2,1-3H3. The normalized spacial score (nSPS) is 31.6. The van der Waals surface area contributed by atoms with Crippen molar-refractivity contribution in [2.24, 2.45) is 5.92 Å². The predicted octanol–water partition coefficient (Wildman–Crippen LogP) is 0.427. The topological polar surface area (TPSA) is 57.6 Å². The fourth-order valence-electron chi connectivity index (χ4n) is 1.99. The Labute approximate surface area is 86.0 Å². The van der Waals surface area contributed by atoms with Crippen LogP contribution in [-0.2, 0) is 10.0 Å². The van der Waals surface area contributed by atoms with Gasteiger partial charge in [-0.2, -0.15) is 4.31 Å². The van der Waals surface area contributed by atoms with E-state index in [9.17, 15) is 13.5 Å². The number of aliphatic hydroxyl groups is 1. The molecule has 0 amide bonds. The van der Waals surface area contributed by atoms with Gasteiger partial charge in [0.15, 0.2) is 0 Å². The van der Waals surface area contributed by atoms with E-state index in [4.69, 9.17) is 0 Å². The Morgan fingerprint density at radius 3 is 2.43 bits per heavy atom. The molecule has 1 heterocycles. The van der Waals surface area contributed by atoms with E-state index in [0.29, 0.717) is 13.0 Å². The van der Waals surface area contributed by atoms with Gasteiger partial charge in [0.2, 0.25) is 10.0 Å². The molecule has 3 atom stereocenters. The van der Waals surface area contributed by atoms with Crippen LogP contribution in [0.15, 0.2) is 0 Å². The van der Waals surface area contributed by atoms with Crippen molar-refractivity contribution in [3.63, 3.8) is 0 Å². The molecule has 1 aliphatic rings. The van der Waals surface area contributed by atoms with Crippen molar-refractivity contribution in [2.75, 3.05) is 12.3 Å². The quantitative estimate of drug-likeness (QED) is 0.752. The molecule has 3 unspecified atom stereocenters. The van der Waals surface area contributed by atoms with E-state index in [2.05, 4.69) is 0 Å². The summed E-state index contributed by atoms with van der Waals surface area (Å²) < 4.78 is 24.8. The first-order valence-electron chi connectivity index (χ1n) is 5.00. The Bertz CT molecular complexity index is 286. The molecule has 1 fully saturated rings. The van der Waals surface area contributed by atoms with Gasteiger partial charge in [0.1, 0.15) is 0 Å². The van der Waals surface area contributed by atoms with Crippen molar-refractivity contribution in [3.05, 3.63) is 0 Å². The monoisotopic (exact) mass is 221 g/mol. The Kier molecular flexibility index (Phi) is 3.55. The van der Waals surface area contributed by atoms with Gasteiger partial charge in [-0.05, 0) is 26.2 Å². The van der Waals surface area contributed by atoms with Gasteiger partial charge in [-0.1, -0.05) is 6.92 Å². The number of aliphatic hydroxyl groups excluding tert-OH is 1. The maximum Gasteiger partial charge on any atom is 0.214 e. The van der Waals surface area contributed by atoms with Gasteiger partial charge < -0.3 is 5.11 Å². The highest BCUT2D eigenvalue weighted by Crippen LogP contribution is 2.23. The lowest BCUT2D eigenvalue weighted by Gasteiger charge is -2.23. The Morgan fingerprint density at radius 1 is 1.50 bits per heavy atom. The first-order valence-corrected chi connectivity index (χ1v) is 6.61. The summed E-state index contributed by atoms with van der Waals surface area (Å²) in [6, 6.07) is -0.0926. The third kappa shape index (κ3) is 2.68. The summed E-state index contributed by atoms with van der Waals surface area (Å²) in [7, 11) is -3.06. The van der Waals surface area contributed by atoms with Crippen LogP contribution in [0.5, 0.6) is 0 Å². The first kappa shape index (κ1) is 11.9. The average Bonchev–Trinajstić information content (AvgIpc) is 2.22. The predicted molar refractivity (Wildman–Crippen MR) is 55.4 cm³/mol. The fraction of sp³-hybridized carbons (Fsp3) is 1.00. The molecular weight excluding hydrogens is 202 g/mol. The Hall–Kier alpha value is -0.130. The Balaban J connectivity index is 2.68. The highest BCUT2D eigenvalue weighted by Gasteiger charge is 2.36. The van der Waals surface area contributed by atoms with Crippen LogP contribution in [0.25, 0.3) is 0 Å². The van der Waals surface area contributed by atoms with E-state index in [-0.39, 0.29) is 17.7 Å². The fourth-order valence-corrected chi connectivity index (χ4v) is 4.13. The summed E-state index contributed by atoms with van der Waals surface area (Å²) in [4.78, 5) is 0. The zero-order valence-corrected chi connectivity index (χ0v) is 9.79. The van der Waals surface area contributed by atoms with E-state index in [0.717, 1.165) is 0 Å². The second-order valence-electron chi connectivity index (χ2n) is 4.39. The molecule has 1 rings (SSSR count). The molecule has 1 aliphatic heterocycles. The molecule has 4 nitrogen and oxygen atoms in total. The molecule has 5 heteroatoms. The number of nitrogens with zero attached hydrogens (tertiary/aromatic N) is 1. The van der Waals surface area contributed by atoms with Crippen molar-refractivity contribution in [2.45, 2.75) is 39.3 Å². The molecule has 1 N–H and O–H groups in total. The number of sulfonamides is 1. The minimum atomic E-state index is -3.06. The molecule has 0 aromatic carbocycles. The zero-order chi connectivity index (χ0) is 10.9.